The van der Waals surface area contributed by atoms with Crippen LogP contribution in [0.2, 0.25) is 5.02 Å². The highest BCUT2D eigenvalue weighted by Gasteiger charge is 2.26. The lowest BCUT2D eigenvalue weighted by Crippen LogP contribution is -2.36. The number of sulfone groups is 1. The van der Waals surface area contributed by atoms with Crippen molar-refractivity contribution in [3.05, 3.63) is 81.4 Å². The van der Waals surface area contributed by atoms with E-state index in [1.165, 1.54) is 5.56 Å². The number of aryl methyl sites for hydroxylation is 1. The van der Waals surface area contributed by atoms with Crippen LogP contribution < -0.4 is 4.74 Å². The van der Waals surface area contributed by atoms with Crippen LogP contribution in [-0.2, 0) is 27.5 Å². The fourth-order valence-electron chi connectivity index (χ4n) is 5.48. The number of carbonyl (C=O) groups is 1. The monoisotopic (exact) mass is 613 g/mol. The van der Waals surface area contributed by atoms with Gasteiger partial charge in [0, 0.05) is 24.6 Å². The molecule has 0 radical (unpaired) electrons. The molecule has 0 spiro atoms. The number of hydrogen-bond donors (Lipinski definition) is 1. The Kier molecular flexibility index (Phi) is 10.3. The maximum absolute atomic E-state index is 13.0. The van der Waals surface area contributed by atoms with Crippen LogP contribution in [0.1, 0.15) is 80.2 Å². The van der Waals surface area contributed by atoms with Gasteiger partial charge in [-0.3, -0.25) is 9.69 Å². The van der Waals surface area contributed by atoms with Gasteiger partial charge in [0.2, 0.25) is 0 Å². The second-order valence-electron chi connectivity index (χ2n) is 11.6. The van der Waals surface area contributed by atoms with Gasteiger partial charge < -0.3 is 9.84 Å². The normalized spacial score (nSPS) is 15.0. The summed E-state index contributed by atoms with van der Waals surface area (Å²) < 4.78 is 32.2. The fourth-order valence-corrected chi connectivity index (χ4v) is 6.92. The molecule has 0 unspecified atom stereocenters. The maximum Gasteiger partial charge on any atom is 0.317 e. The Morgan fingerprint density at radius 1 is 1.10 bits per heavy atom. The SMILES string of the molecule is Cc1cc(Cc2ncc(Cl)c(Cc3ccccc3S(=O)(=O)C(C)C)n2)c(OC(C)C)cc1C1CCN(CC(=O)O)CC1. The van der Waals surface area contributed by atoms with Crippen LogP contribution in [0.5, 0.6) is 5.75 Å². The number of carboxylic acid groups (broad SMARTS) is 1. The molecular formula is C32H40ClN3O5S. The van der Waals surface area contributed by atoms with Gasteiger partial charge in [-0.2, -0.15) is 0 Å². The first-order chi connectivity index (χ1) is 19.8. The number of carboxylic acids is 1. The van der Waals surface area contributed by atoms with E-state index in [0.717, 1.165) is 42.8 Å². The predicted octanol–water partition coefficient (Wildman–Crippen LogP) is 5.85. The zero-order chi connectivity index (χ0) is 30.6. The van der Waals surface area contributed by atoms with Crippen molar-refractivity contribution in [3.63, 3.8) is 0 Å². The van der Waals surface area contributed by atoms with Gasteiger partial charge in [-0.1, -0.05) is 35.9 Å². The molecule has 0 saturated carbocycles. The molecule has 2 aromatic carbocycles. The average molecular weight is 614 g/mol. The molecular weight excluding hydrogens is 574 g/mol. The van der Waals surface area contributed by atoms with Crippen LogP contribution in [0.25, 0.3) is 0 Å². The first kappa shape index (κ1) is 31.9. The number of rotatable bonds is 11. The number of hydrogen-bond acceptors (Lipinski definition) is 7. The number of piperidine rings is 1. The van der Waals surface area contributed by atoms with Crippen molar-refractivity contribution in [2.75, 3.05) is 19.6 Å². The smallest absolute Gasteiger partial charge is 0.317 e. The first-order valence-corrected chi connectivity index (χ1v) is 16.3. The molecule has 0 bridgehead atoms. The molecule has 1 aromatic heterocycles. The Bertz CT molecular complexity index is 1530. The van der Waals surface area contributed by atoms with Crippen molar-refractivity contribution in [3.8, 4) is 5.75 Å². The highest BCUT2D eigenvalue weighted by Crippen LogP contribution is 2.36. The van der Waals surface area contributed by atoms with Crippen molar-refractivity contribution < 1.29 is 23.1 Å². The molecule has 0 aliphatic carbocycles. The predicted molar refractivity (Wildman–Crippen MR) is 164 cm³/mol. The number of ether oxygens (including phenoxy) is 1. The molecule has 0 atom stereocenters. The van der Waals surface area contributed by atoms with Crippen LogP contribution in [0.3, 0.4) is 0 Å². The van der Waals surface area contributed by atoms with Gasteiger partial charge in [0.1, 0.15) is 11.6 Å². The standard InChI is InChI=1S/C32H40ClN3O5S/c1-20(2)41-29-17-26(23-10-12-36(13-11-23)19-32(37)38)22(5)14-25(29)16-31-34-18-27(33)28(35-31)15-24-8-6-7-9-30(24)42(39,40)21(3)4/h6-9,14,17-18,20-21,23H,10-13,15-16,19H2,1-5H3,(H,37,38). The van der Waals surface area contributed by atoms with Crippen LogP contribution >= 0.6 is 11.6 Å². The molecule has 10 heteroatoms. The largest absolute Gasteiger partial charge is 0.491 e. The maximum atomic E-state index is 13.0. The quantitative estimate of drug-likeness (QED) is 0.287. The molecule has 2 heterocycles. The van der Waals surface area contributed by atoms with E-state index in [9.17, 15) is 13.2 Å². The summed E-state index contributed by atoms with van der Waals surface area (Å²) in [5, 5.41) is 8.98. The first-order valence-electron chi connectivity index (χ1n) is 14.4. The van der Waals surface area contributed by atoms with Gasteiger partial charge in [0.25, 0.3) is 0 Å². The number of likely N-dealkylation sites (tertiary alicyclic amines) is 1. The minimum atomic E-state index is -3.47. The summed E-state index contributed by atoms with van der Waals surface area (Å²) in [6.45, 7) is 11.0. The minimum Gasteiger partial charge on any atom is -0.491 e. The Hall–Kier alpha value is -3.01. The van der Waals surface area contributed by atoms with Crippen molar-refractivity contribution in [2.45, 2.75) is 82.5 Å². The molecule has 226 valence electrons. The van der Waals surface area contributed by atoms with E-state index in [4.69, 9.17) is 26.4 Å². The molecule has 0 amide bonds. The molecule has 1 fully saturated rings. The number of halogens is 1. The minimum absolute atomic E-state index is 0.0298. The van der Waals surface area contributed by atoms with Crippen LogP contribution in [0.15, 0.2) is 47.5 Å². The van der Waals surface area contributed by atoms with Gasteiger partial charge in [0.15, 0.2) is 9.84 Å². The lowest BCUT2D eigenvalue weighted by atomic mass is 9.85. The number of benzene rings is 2. The van der Waals surface area contributed by atoms with Crippen LogP contribution in [-0.4, -0.2) is 65.3 Å². The van der Waals surface area contributed by atoms with E-state index in [2.05, 4.69) is 24.0 Å². The van der Waals surface area contributed by atoms with Gasteiger partial charge in [-0.15, -0.1) is 0 Å². The third-order valence-corrected chi connectivity index (χ3v) is 10.2. The second kappa shape index (κ2) is 13.5. The zero-order valence-corrected chi connectivity index (χ0v) is 26.5. The number of nitrogens with zero attached hydrogens (tertiary/aromatic N) is 3. The molecule has 1 aliphatic heterocycles. The van der Waals surface area contributed by atoms with Gasteiger partial charge >= 0.3 is 5.97 Å². The van der Waals surface area contributed by atoms with E-state index >= 15 is 0 Å². The summed E-state index contributed by atoms with van der Waals surface area (Å²) in [4.78, 5) is 22.7. The lowest BCUT2D eigenvalue weighted by Gasteiger charge is -2.32. The third kappa shape index (κ3) is 7.68. The van der Waals surface area contributed by atoms with Crippen LogP contribution in [0, 0.1) is 6.92 Å². The van der Waals surface area contributed by atoms with E-state index in [1.54, 1.807) is 38.2 Å². The number of aliphatic carboxylic acids is 1. The summed E-state index contributed by atoms with van der Waals surface area (Å²) in [6, 6.07) is 11.3. The second-order valence-corrected chi connectivity index (χ2v) is 14.4. The summed E-state index contributed by atoms with van der Waals surface area (Å²) in [5.74, 6) is 0.895. The Labute approximate surface area is 254 Å². The van der Waals surface area contributed by atoms with Crippen molar-refractivity contribution in [2.24, 2.45) is 0 Å². The summed E-state index contributed by atoms with van der Waals surface area (Å²) in [7, 11) is -3.47. The molecule has 1 aliphatic rings. The Morgan fingerprint density at radius 2 is 1.79 bits per heavy atom. The van der Waals surface area contributed by atoms with E-state index in [1.807, 2.05) is 24.8 Å². The molecule has 42 heavy (non-hydrogen) atoms. The molecule has 1 saturated heterocycles. The molecule has 8 nitrogen and oxygen atoms in total. The van der Waals surface area contributed by atoms with E-state index in [-0.39, 0.29) is 19.1 Å². The fraction of sp³-hybridized carbons (Fsp3) is 0.469. The third-order valence-electron chi connectivity index (χ3n) is 7.67. The van der Waals surface area contributed by atoms with Gasteiger partial charge in [0.05, 0.1) is 33.5 Å². The average Bonchev–Trinajstić information content (AvgIpc) is 2.92. The van der Waals surface area contributed by atoms with Crippen molar-refractivity contribution in [1.29, 1.82) is 0 Å². The van der Waals surface area contributed by atoms with Gasteiger partial charge in [-0.05, 0) is 95.3 Å². The molecule has 4 rings (SSSR count). The van der Waals surface area contributed by atoms with Crippen LogP contribution in [0.4, 0.5) is 0 Å². The molecule has 3 aromatic rings. The summed E-state index contributed by atoms with van der Waals surface area (Å²) in [6.07, 6.45) is 4.03. The zero-order valence-electron chi connectivity index (χ0n) is 24.9. The highest BCUT2D eigenvalue weighted by atomic mass is 35.5. The van der Waals surface area contributed by atoms with Gasteiger partial charge in [-0.25, -0.2) is 18.4 Å². The van der Waals surface area contributed by atoms with Crippen molar-refractivity contribution in [1.82, 2.24) is 14.9 Å². The summed E-state index contributed by atoms with van der Waals surface area (Å²) in [5.41, 5.74) is 4.56. The molecule has 1 N–H and O–H groups in total. The highest BCUT2D eigenvalue weighted by molar-refractivity contribution is 7.92. The van der Waals surface area contributed by atoms with E-state index < -0.39 is 21.1 Å². The summed E-state index contributed by atoms with van der Waals surface area (Å²) >= 11 is 6.51. The van der Waals surface area contributed by atoms with E-state index in [0.29, 0.717) is 39.3 Å². The number of aromatic nitrogens is 2. The topological polar surface area (TPSA) is 110 Å². The lowest BCUT2D eigenvalue weighted by molar-refractivity contribution is -0.138. The van der Waals surface area contributed by atoms with Crippen molar-refractivity contribution >= 4 is 27.4 Å². The Morgan fingerprint density at radius 3 is 2.43 bits per heavy atom. The Balaban J connectivity index is 1.61.